The molecule has 0 aliphatic rings. The Balaban J connectivity index is 2.28. The van der Waals surface area contributed by atoms with Crippen LogP contribution in [-0.4, -0.2) is 6.04 Å². The van der Waals surface area contributed by atoms with Gasteiger partial charge in [-0.3, -0.25) is 0 Å². The largest absolute Gasteiger partial charge is 0.484 e. The van der Waals surface area contributed by atoms with Gasteiger partial charge in [-0.2, -0.15) is 11.3 Å². The van der Waals surface area contributed by atoms with Crippen molar-refractivity contribution >= 4 is 27.3 Å². The molecule has 0 aliphatic heterocycles. The summed E-state index contributed by atoms with van der Waals surface area (Å²) in [5.74, 6) is 0.867. The summed E-state index contributed by atoms with van der Waals surface area (Å²) in [7, 11) is 0. The number of hydrogen-bond donors (Lipinski definition) is 1. The Morgan fingerprint density at radius 1 is 1.26 bits per heavy atom. The van der Waals surface area contributed by atoms with E-state index in [0.29, 0.717) is 0 Å². The number of ether oxygens (including phenoxy) is 1. The molecule has 102 valence electrons. The lowest BCUT2D eigenvalue weighted by molar-refractivity contribution is 0.180. The zero-order valence-electron chi connectivity index (χ0n) is 11.3. The smallest absolute Gasteiger partial charge is 0.139 e. The van der Waals surface area contributed by atoms with Crippen molar-refractivity contribution in [3.63, 3.8) is 0 Å². The molecular formula is C15H18BrNOS. The molecule has 0 amide bonds. The van der Waals surface area contributed by atoms with E-state index in [-0.39, 0.29) is 12.1 Å². The second-order valence-corrected chi connectivity index (χ2v) is 6.40. The van der Waals surface area contributed by atoms with Crippen LogP contribution in [0.25, 0.3) is 0 Å². The van der Waals surface area contributed by atoms with E-state index >= 15 is 0 Å². The third kappa shape index (κ3) is 3.38. The fraction of sp³-hybridized carbons (Fsp3) is 0.333. The third-order valence-corrected chi connectivity index (χ3v) is 4.97. The first-order valence-corrected chi connectivity index (χ1v) is 7.93. The number of thiophene rings is 1. The molecule has 0 aliphatic carbocycles. The molecule has 19 heavy (non-hydrogen) atoms. The monoisotopic (exact) mass is 339 g/mol. The zero-order valence-corrected chi connectivity index (χ0v) is 13.7. The van der Waals surface area contributed by atoms with Gasteiger partial charge in [-0.05, 0) is 60.9 Å². The van der Waals surface area contributed by atoms with Crippen LogP contribution in [0.5, 0.6) is 5.75 Å². The average Bonchev–Trinajstić information content (AvgIpc) is 2.86. The van der Waals surface area contributed by atoms with Crippen molar-refractivity contribution in [2.45, 2.75) is 32.9 Å². The van der Waals surface area contributed by atoms with Crippen molar-refractivity contribution in [2.24, 2.45) is 5.73 Å². The molecular weight excluding hydrogens is 322 g/mol. The molecule has 2 rings (SSSR count). The maximum Gasteiger partial charge on any atom is 0.139 e. The van der Waals surface area contributed by atoms with Crippen LogP contribution in [0.2, 0.25) is 0 Å². The molecule has 0 bridgehead atoms. The summed E-state index contributed by atoms with van der Waals surface area (Å²) in [6.07, 6.45) is -0.105. The molecule has 0 saturated carbocycles. The fourth-order valence-corrected chi connectivity index (χ4v) is 2.95. The maximum absolute atomic E-state index is 6.10. The Hall–Kier alpha value is -0.840. The number of nitrogens with two attached hydrogens (primary N) is 1. The first-order chi connectivity index (χ1) is 8.99. The van der Waals surface area contributed by atoms with E-state index in [4.69, 9.17) is 10.5 Å². The number of benzene rings is 1. The highest BCUT2D eigenvalue weighted by Crippen LogP contribution is 2.30. The van der Waals surface area contributed by atoms with Gasteiger partial charge in [-0.25, -0.2) is 0 Å². The summed E-state index contributed by atoms with van der Waals surface area (Å²) in [4.78, 5) is 0. The van der Waals surface area contributed by atoms with Crippen LogP contribution >= 0.6 is 27.3 Å². The molecule has 4 heteroatoms. The molecule has 2 N–H and O–H groups in total. The van der Waals surface area contributed by atoms with E-state index in [1.54, 1.807) is 11.3 Å². The molecule has 2 aromatic rings. The third-order valence-electron chi connectivity index (χ3n) is 3.02. The van der Waals surface area contributed by atoms with E-state index in [2.05, 4.69) is 41.2 Å². The number of rotatable bonds is 4. The van der Waals surface area contributed by atoms with Crippen molar-refractivity contribution in [3.05, 3.63) is 50.1 Å². The molecule has 2 unspecified atom stereocenters. The lowest BCUT2D eigenvalue weighted by atomic mass is 10.1. The first-order valence-electron chi connectivity index (χ1n) is 6.20. The van der Waals surface area contributed by atoms with Crippen molar-refractivity contribution in [3.8, 4) is 5.75 Å². The van der Waals surface area contributed by atoms with Crippen molar-refractivity contribution in [1.29, 1.82) is 0 Å². The number of halogens is 1. The van der Waals surface area contributed by atoms with Gasteiger partial charge in [-0.15, -0.1) is 0 Å². The molecule has 0 saturated heterocycles. The predicted molar refractivity (Wildman–Crippen MR) is 85.0 cm³/mol. The predicted octanol–water partition coefficient (Wildman–Crippen LogP) is 4.59. The molecule has 2 nitrogen and oxygen atoms in total. The number of hydrogen-bond acceptors (Lipinski definition) is 3. The van der Waals surface area contributed by atoms with E-state index in [1.165, 1.54) is 11.1 Å². The molecule has 0 radical (unpaired) electrons. The van der Waals surface area contributed by atoms with E-state index in [0.717, 1.165) is 15.8 Å². The van der Waals surface area contributed by atoms with Gasteiger partial charge in [0.05, 0.1) is 0 Å². The highest BCUT2D eigenvalue weighted by atomic mass is 79.9. The van der Waals surface area contributed by atoms with Crippen LogP contribution in [0.1, 0.15) is 29.7 Å². The van der Waals surface area contributed by atoms with Crippen molar-refractivity contribution in [1.82, 2.24) is 0 Å². The highest BCUT2D eigenvalue weighted by molar-refractivity contribution is 9.10. The van der Waals surface area contributed by atoms with E-state index < -0.39 is 0 Å². The quantitative estimate of drug-likeness (QED) is 0.883. The zero-order chi connectivity index (χ0) is 14.0. The van der Waals surface area contributed by atoms with Gasteiger partial charge in [-0.1, -0.05) is 15.9 Å². The molecule has 0 fully saturated rings. The summed E-state index contributed by atoms with van der Waals surface area (Å²) < 4.78 is 7.23. The van der Waals surface area contributed by atoms with Gasteiger partial charge in [0.15, 0.2) is 0 Å². The fourth-order valence-electron chi connectivity index (χ4n) is 2.04. The SMILES string of the molecule is Cc1cc(OC(c2ccsc2)C(C)N)cc(C)c1Br. The maximum atomic E-state index is 6.10. The standard InChI is InChI=1S/C15H18BrNOS/c1-9-6-13(7-10(2)14(9)16)18-15(11(3)17)12-4-5-19-8-12/h4-8,11,15H,17H2,1-3H3. The molecule has 0 spiro atoms. The van der Waals surface area contributed by atoms with Gasteiger partial charge in [0, 0.05) is 16.1 Å². The van der Waals surface area contributed by atoms with Gasteiger partial charge < -0.3 is 10.5 Å². The van der Waals surface area contributed by atoms with Gasteiger partial charge in [0.1, 0.15) is 11.9 Å². The number of aryl methyl sites for hydroxylation is 2. The van der Waals surface area contributed by atoms with Crippen LogP contribution < -0.4 is 10.5 Å². The Bertz CT molecular complexity index is 528. The summed E-state index contributed by atoms with van der Waals surface area (Å²) in [6, 6.07) is 6.09. The van der Waals surface area contributed by atoms with Gasteiger partial charge in [0.25, 0.3) is 0 Å². The van der Waals surface area contributed by atoms with Crippen molar-refractivity contribution < 1.29 is 4.74 Å². The Kier molecular flexibility index (Phi) is 4.66. The highest BCUT2D eigenvalue weighted by Gasteiger charge is 2.19. The Morgan fingerprint density at radius 2 is 1.89 bits per heavy atom. The lowest BCUT2D eigenvalue weighted by Gasteiger charge is -2.22. The van der Waals surface area contributed by atoms with Crippen LogP contribution in [0.4, 0.5) is 0 Å². The van der Waals surface area contributed by atoms with Gasteiger partial charge >= 0.3 is 0 Å². The van der Waals surface area contributed by atoms with Crippen LogP contribution in [0.15, 0.2) is 33.4 Å². The summed E-state index contributed by atoms with van der Waals surface area (Å²) in [5.41, 5.74) is 9.53. The summed E-state index contributed by atoms with van der Waals surface area (Å²) in [6.45, 7) is 6.10. The second kappa shape index (κ2) is 6.07. The van der Waals surface area contributed by atoms with Crippen LogP contribution in [0, 0.1) is 13.8 Å². The summed E-state index contributed by atoms with van der Waals surface area (Å²) >= 11 is 5.23. The molecule has 1 aromatic carbocycles. The molecule has 1 aromatic heterocycles. The van der Waals surface area contributed by atoms with Crippen molar-refractivity contribution in [2.75, 3.05) is 0 Å². The Morgan fingerprint density at radius 3 is 2.37 bits per heavy atom. The minimum Gasteiger partial charge on any atom is -0.484 e. The van der Waals surface area contributed by atoms with Crippen LogP contribution in [0.3, 0.4) is 0 Å². The lowest BCUT2D eigenvalue weighted by Crippen LogP contribution is -2.28. The normalized spacial score (nSPS) is 14.2. The second-order valence-electron chi connectivity index (χ2n) is 4.83. The minimum atomic E-state index is -0.105. The first kappa shape index (κ1) is 14.6. The summed E-state index contributed by atoms with van der Waals surface area (Å²) in [5, 5.41) is 4.14. The molecule has 1 heterocycles. The van der Waals surface area contributed by atoms with Gasteiger partial charge in [0.2, 0.25) is 0 Å². The minimum absolute atomic E-state index is 0.0566. The van der Waals surface area contributed by atoms with Crippen LogP contribution in [-0.2, 0) is 0 Å². The Labute approximate surface area is 126 Å². The van der Waals surface area contributed by atoms with E-state index in [9.17, 15) is 0 Å². The van der Waals surface area contributed by atoms with E-state index in [1.807, 2.05) is 24.4 Å². The topological polar surface area (TPSA) is 35.2 Å². The molecule has 2 atom stereocenters. The average molecular weight is 340 g/mol.